The summed E-state index contributed by atoms with van der Waals surface area (Å²) < 4.78 is 32.6. The van der Waals surface area contributed by atoms with Crippen LogP contribution in [0.3, 0.4) is 0 Å². The van der Waals surface area contributed by atoms with Crippen molar-refractivity contribution in [3.05, 3.63) is 0 Å². The highest BCUT2D eigenvalue weighted by Crippen LogP contribution is 2.22. The first-order valence-electron chi connectivity index (χ1n) is 7.22. The molecule has 1 heterocycles. The molecular formula is C13H24N2O5S. The van der Waals surface area contributed by atoms with Crippen molar-refractivity contribution < 1.29 is 22.7 Å². The number of nitrogens with zero attached hydrogens (tertiary/aromatic N) is 1. The molecule has 1 rings (SSSR count). The summed E-state index contributed by atoms with van der Waals surface area (Å²) in [6.07, 6.45) is 1.90. The summed E-state index contributed by atoms with van der Waals surface area (Å²) >= 11 is 0. The van der Waals surface area contributed by atoms with Crippen LogP contribution in [0.5, 0.6) is 0 Å². The second kappa shape index (κ2) is 7.74. The van der Waals surface area contributed by atoms with E-state index in [2.05, 4.69) is 0 Å². The highest BCUT2D eigenvalue weighted by Gasteiger charge is 2.33. The van der Waals surface area contributed by atoms with Crippen LogP contribution in [-0.2, 0) is 19.7 Å². The summed E-state index contributed by atoms with van der Waals surface area (Å²) in [5.74, 6) is -0.0631. The maximum Gasteiger partial charge on any atom is 0.422 e. The topological polar surface area (TPSA) is 92.8 Å². The minimum absolute atomic E-state index is 0.0631. The molecule has 1 aliphatic rings. The summed E-state index contributed by atoms with van der Waals surface area (Å²) in [7, 11) is -3.99. The molecule has 1 unspecified atom stereocenters. The van der Waals surface area contributed by atoms with Crippen molar-refractivity contribution in [3.63, 3.8) is 0 Å². The van der Waals surface area contributed by atoms with E-state index < -0.39 is 28.4 Å². The summed E-state index contributed by atoms with van der Waals surface area (Å²) in [4.78, 5) is 22.9. The Hall–Kier alpha value is -1.15. The Morgan fingerprint density at radius 3 is 2.52 bits per heavy atom. The van der Waals surface area contributed by atoms with Gasteiger partial charge in [-0.2, -0.15) is 12.7 Å². The zero-order valence-electron chi connectivity index (χ0n) is 12.8. The van der Waals surface area contributed by atoms with Crippen LogP contribution in [0.4, 0.5) is 4.79 Å². The highest BCUT2D eigenvalue weighted by atomic mass is 32.2. The summed E-state index contributed by atoms with van der Waals surface area (Å²) in [6.45, 7) is 5.02. The molecule has 0 spiro atoms. The Labute approximate surface area is 126 Å². The maximum absolute atomic E-state index is 12.3. The second-order valence-corrected chi connectivity index (χ2v) is 7.20. The normalized spacial score (nSPS) is 20.9. The molecule has 1 atom stereocenters. The molecule has 1 fully saturated rings. The van der Waals surface area contributed by atoms with E-state index in [-0.39, 0.29) is 12.2 Å². The SMILES string of the molecule is CC(=O)CC1CCCCCN1S(=O)(=O)NC(=O)OC(C)C. The lowest BCUT2D eigenvalue weighted by molar-refractivity contribution is -0.117. The fourth-order valence-electron chi connectivity index (χ4n) is 2.41. The van der Waals surface area contributed by atoms with Gasteiger partial charge in [0.1, 0.15) is 5.78 Å². The molecule has 0 bridgehead atoms. The lowest BCUT2D eigenvalue weighted by atomic mass is 10.1. The molecule has 21 heavy (non-hydrogen) atoms. The van der Waals surface area contributed by atoms with E-state index >= 15 is 0 Å². The van der Waals surface area contributed by atoms with E-state index in [1.807, 2.05) is 4.72 Å². The van der Waals surface area contributed by atoms with Gasteiger partial charge in [-0.25, -0.2) is 9.52 Å². The van der Waals surface area contributed by atoms with E-state index in [0.717, 1.165) is 12.8 Å². The molecular weight excluding hydrogens is 296 g/mol. The molecule has 1 amide bonds. The predicted octanol–water partition coefficient (Wildman–Crippen LogP) is 1.59. The van der Waals surface area contributed by atoms with E-state index in [0.29, 0.717) is 19.4 Å². The molecule has 122 valence electrons. The Morgan fingerprint density at radius 1 is 1.29 bits per heavy atom. The first kappa shape index (κ1) is 17.9. The van der Waals surface area contributed by atoms with Crippen LogP contribution in [0, 0.1) is 0 Å². The van der Waals surface area contributed by atoms with Crippen molar-refractivity contribution >= 4 is 22.1 Å². The number of Topliss-reactive ketones (excluding diaryl/α,β-unsaturated/α-hetero) is 1. The fourth-order valence-corrected chi connectivity index (χ4v) is 3.72. The fraction of sp³-hybridized carbons (Fsp3) is 0.846. The number of carbonyl (C=O) groups is 2. The first-order chi connectivity index (χ1) is 9.72. The monoisotopic (exact) mass is 320 g/mol. The predicted molar refractivity (Wildman–Crippen MR) is 77.9 cm³/mol. The number of rotatable bonds is 5. The summed E-state index contributed by atoms with van der Waals surface area (Å²) in [5.41, 5.74) is 0. The van der Waals surface area contributed by atoms with Gasteiger partial charge in [-0.1, -0.05) is 12.8 Å². The van der Waals surface area contributed by atoms with E-state index in [4.69, 9.17) is 4.74 Å². The van der Waals surface area contributed by atoms with E-state index in [1.165, 1.54) is 11.2 Å². The highest BCUT2D eigenvalue weighted by molar-refractivity contribution is 7.87. The Kier molecular flexibility index (Phi) is 6.60. The first-order valence-corrected chi connectivity index (χ1v) is 8.66. The van der Waals surface area contributed by atoms with Crippen LogP contribution >= 0.6 is 0 Å². The smallest absolute Gasteiger partial charge is 0.422 e. The molecule has 1 saturated heterocycles. The van der Waals surface area contributed by atoms with Gasteiger partial charge in [-0.15, -0.1) is 0 Å². The number of amides is 1. The molecule has 0 radical (unpaired) electrons. The van der Waals surface area contributed by atoms with Gasteiger partial charge in [-0.05, 0) is 33.6 Å². The van der Waals surface area contributed by atoms with Gasteiger partial charge in [0, 0.05) is 19.0 Å². The van der Waals surface area contributed by atoms with Crippen LogP contribution in [0.25, 0.3) is 0 Å². The van der Waals surface area contributed by atoms with E-state index in [9.17, 15) is 18.0 Å². The van der Waals surface area contributed by atoms with E-state index in [1.54, 1.807) is 13.8 Å². The van der Waals surface area contributed by atoms with Crippen LogP contribution in [0.1, 0.15) is 52.9 Å². The van der Waals surface area contributed by atoms with Gasteiger partial charge >= 0.3 is 16.3 Å². The van der Waals surface area contributed by atoms with Crippen molar-refractivity contribution in [2.24, 2.45) is 0 Å². The molecule has 1 aliphatic heterocycles. The lowest BCUT2D eigenvalue weighted by Gasteiger charge is -2.28. The van der Waals surface area contributed by atoms with Crippen LogP contribution in [-0.4, -0.2) is 43.3 Å². The maximum atomic E-state index is 12.3. The van der Waals surface area contributed by atoms with Gasteiger partial charge in [-0.3, -0.25) is 4.79 Å². The Balaban J connectivity index is 2.84. The molecule has 0 aliphatic carbocycles. The zero-order valence-corrected chi connectivity index (χ0v) is 13.6. The number of ketones is 1. The number of nitrogens with one attached hydrogen (secondary N) is 1. The second-order valence-electron chi connectivity index (χ2n) is 5.58. The van der Waals surface area contributed by atoms with Crippen LogP contribution in [0.2, 0.25) is 0 Å². The standard InChI is InChI=1S/C13H24N2O5S/c1-10(2)20-13(17)14-21(18,19)15-8-6-4-5-7-12(15)9-11(3)16/h10,12H,4-9H2,1-3H3,(H,14,17). The Morgan fingerprint density at radius 2 is 1.95 bits per heavy atom. The number of ether oxygens (including phenoxy) is 1. The molecule has 0 aromatic carbocycles. The van der Waals surface area contributed by atoms with Gasteiger partial charge in [0.15, 0.2) is 0 Å². The third kappa shape index (κ3) is 6.01. The molecule has 7 nitrogen and oxygen atoms in total. The van der Waals surface area contributed by atoms with Gasteiger partial charge in [0.05, 0.1) is 6.10 Å². The minimum atomic E-state index is -3.99. The van der Waals surface area contributed by atoms with Crippen LogP contribution in [0.15, 0.2) is 0 Å². The minimum Gasteiger partial charge on any atom is -0.446 e. The summed E-state index contributed by atoms with van der Waals surface area (Å²) in [5, 5.41) is 0. The number of hydrogen-bond acceptors (Lipinski definition) is 5. The van der Waals surface area contributed by atoms with Gasteiger partial charge in [0.25, 0.3) is 0 Å². The molecule has 0 aromatic rings. The van der Waals surface area contributed by atoms with Gasteiger partial charge < -0.3 is 4.74 Å². The number of hydrogen-bond donors (Lipinski definition) is 1. The summed E-state index contributed by atoms with van der Waals surface area (Å²) in [6, 6.07) is -0.394. The zero-order chi connectivity index (χ0) is 16.0. The van der Waals surface area contributed by atoms with Crippen molar-refractivity contribution in [1.82, 2.24) is 9.03 Å². The van der Waals surface area contributed by atoms with Crippen molar-refractivity contribution in [2.45, 2.75) is 65.0 Å². The molecule has 0 saturated carbocycles. The lowest BCUT2D eigenvalue weighted by Crippen LogP contribution is -2.49. The van der Waals surface area contributed by atoms with Crippen molar-refractivity contribution in [1.29, 1.82) is 0 Å². The van der Waals surface area contributed by atoms with Crippen molar-refractivity contribution in [3.8, 4) is 0 Å². The largest absolute Gasteiger partial charge is 0.446 e. The third-order valence-corrected chi connectivity index (χ3v) is 4.73. The van der Waals surface area contributed by atoms with Gasteiger partial charge in [0.2, 0.25) is 0 Å². The molecule has 0 aromatic heterocycles. The quantitative estimate of drug-likeness (QED) is 0.830. The average Bonchev–Trinajstić information content (AvgIpc) is 2.51. The molecule has 1 N–H and O–H groups in total. The number of carbonyl (C=O) groups excluding carboxylic acids is 2. The van der Waals surface area contributed by atoms with Crippen molar-refractivity contribution in [2.75, 3.05) is 6.54 Å². The Bertz CT molecular complexity index is 475. The average molecular weight is 320 g/mol. The third-order valence-electron chi connectivity index (χ3n) is 3.21. The van der Waals surface area contributed by atoms with Crippen LogP contribution < -0.4 is 4.72 Å². The molecule has 8 heteroatoms.